The molecule has 4 nitrogen and oxygen atoms in total. The average Bonchev–Trinajstić information content (AvgIpc) is 3.07. The number of ether oxygens (including phenoxy) is 1. The molecule has 0 amide bonds. The van der Waals surface area contributed by atoms with Gasteiger partial charge < -0.3 is 9.84 Å². The van der Waals surface area contributed by atoms with Gasteiger partial charge in [0.05, 0.1) is 6.10 Å². The highest BCUT2D eigenvalue weighted by Crippen LogP contribution is 2.42. The fraction of sp³-hybridized carbons (Fsp3) is 0.857. The predicted molar refractivity (Wildman–Crippen MR) is 133 cm³/mol. The van der Waals surface area contributed by atoms with Gasteiger partial charge in [0.1, 0.15) is 5.78 Å². The summed E-state index contributed by atoms with van der Waals surface area (Å²) in [4.78, 5) is 23.5. The summed E-state index contributed by atoms with van der Waals surface area (Å²) in [5.41, 5.74) is 0. The first-order chi connectivity index (χ1) is 15.4. The highest BCUT2D eigenvalue weighted by atomic mass is 16.5. The molecule has 1 rings (SSSR count). The van der Waals surface area contributed by atoms with Crippen molar-refractivity contribution in [3.63, 3.8) is 0 Å². The van der Waals surface area contributed by atoms with Gasteiger partial charge >= 0.3 is 5.97 Å². The van der Waals surface area contributed by atoms with Crippen LogP contribution in [-0.4, -0.2) is 29.6 Å². The molecular formula is C28H50O4. The first-order valence-corrected chi connectivity index (χ1v) is 13.4. The highest BCUT2D eigenvalue weighted by molar-refractivity contribution is 5.84. The Kier molecular flexibility index (Phi) is 15.6. The molecule has 4 unspecified atom stereocenters. The molecule has 186 valence electrons. The molecule has 4 heteroatoms. The number of rotatable bonds is 19. The summed E-state index contributed by atoms with van der Waals surface area (Å²) in [5, 5.41) is 8.74. The van der Waals surface area contributed by atoms with Gasteiger partial charge in [0.2, 0.25) is 0 Å². The summed E-state index contributed by atoms with van der Waals surface area (Å²) < 4.78 is 6.13. The topological polar surface area (TPSA) is 63.6 Å². The molecule has 0 aromatic rings. The molecule has 0 aromatic carbocycles. The Morgan fingerprint density at radius 2 is 1.72 bits per heavy atom. The van der Waals surface area contributed by atoms with E-state index in [2.05, 4.69) is 39.8 Å². The number of carbonyl (C=O) groups is 2. The van der Waals surface area contributed by atoms with Crippen LogP contribution in [0.25, 0.3) is 0 Å². The molecule has 0 aliphatic heterocycles. The van der Waals surface area contributed by atoms with Crippen molar-refractivity contribution in [1.29, 1.82) is 0 Å². The maximum Gasteiger partial charge on any atom is 0.303 e. The molecule has 1 N–H and O–H groups in total. The van der Waals surface area contributed by atoms with E-state index in [1.165, 1.54) is 25.7 Å². The van der Waals surface area contributed by atoms with E-state index in [0.717, 1.165) is 58.0 Å². The quantitative estimate of drug-likeness (QED) is 0.162. The van der Waals surface area contributed by atoms with E-state index in [1.54, 1.807) is 0 Å². The molecule has 0 bridgehead atoms. The van der Waals surface area contributed by atoms with Crippen molar-refractivity contribution in [2.75, 3.05) is 6.61 Å². The second kappa shape index (κ2) is 17.3. The van der Waals surface area contributed by atoms with Gasteiger partial charge in [0.15, 0.2) is 0 Å². The van der Waals surface area contributed by atoms with Crippen molar-refractivity contribution in [2.24, 2.45) is 23.7 Å². The van der Waals surface area contributed by atoms with Crippen LogP contribution in [0, 0.1) is 23.7 Å². The molecule has 1 aliphatic carbocycles. The Labute approximate surface area is 197 Å². The molecule has 0 spiro atoms. The number of aliphatic carboxylic acids is 1. The van der Waals surface area contributed by atoms with E-state index >= 15 is 0 Å². The van der Waals surface area contributed by atoms with E-state index in [0.29, 0.717) is 30.0 Å². The maximum absolute atomic E-state index is 12.9. The molecule has 0 saturated heterocycles. The highest BCUT2D eigenvalue weighted by Gasteiger charge is 2.41. The number of carboxylic acid groups (broad SMARTS) is 1. The third kappa shape index (κ3) is 11.6. The Balaban J connectivity index is 2.65. The van der Waals surface area contributed by atoms with Crippen molar-refractivity contribution >= 4 is 11.8 Å². The van der Waals surface area contributed by atoms with Crippen LogP contribution in [0.1, 0.15) is 118 Å². The van der Waals surface area contributed by atoms with Crippen LogP contribution in [0.15, 0.2) is 12.2 Å². The number of hydrogen-bond acceptors (Lipinski definition) is 3. The van der Waals surface area contributed by atoms with Crippen LogP contribution < -0.4 is 0 Å². The van der Waals surface area contributed by atoms with Gasteiger partial charge in [-0.3, -0.25) is 9.59 Å². The number of allylic oxidation sites excluding steroid dienone is 1. The van der Waals surface area contributed by atoms with Gasteiger partial charge in [-0.1, -0.05) is 91.2 Å². The first kappa shape index (κ1) is 28.9. The van der Waals surface area contributed by atoms with Gasteiger partial charge in [-0.15, -0.1) is 0 Å². The lowest BCUT2D eigenvalue weighted by Gasteiger charge is -2.24. The zero-order valence-corrected chi connectivity index (χ0v) is 21.3. The summed E-state index contributed by atoms with van der Waals surface area (Å²) in [6.45, 7) is 9.69. The molecule has 1 aliphatic rings. The third-order valence-electron chi connectivity index (χ3n) is 7.00. The molecular weight excluding hydrogens is 400 g/mol. The Hall–Kier alpha value is -1.16. The summed E-state index contributed by atoms with van der Waals surface area (Å²) in [6.07, 6.45) is 18.8. The number of ketones is 1. The van der Waals surface area contributed by atoms with Gasteiger partial charge in [0.25, 0.3) is 0 Å². The Morgan fingerprint density at radius 1 is 1.03 bits per heavy atom. The van der Waals surface area contributed by atoms with Gasteiger partial charge in [-0.05, 0) is 43.4 Å². The molecule has 0 heterocycles. The molecule has 1 saturated carbocycles. The van der Waals surface area contributed by atoms with Crippen molar-refractivity contribution in [2.45, 2.75) is 124 Å². The van der Waals surface area contributed by atoms with Crippen LogP contribution in [0.4, 0.5) is 0 Å². The fourth-order valence-electron chi connectivity index (χ4n) is 5.04. The minimum absolute atomic E-state index is 0.143. The second-order valence-corrected chi connectivity index (χ2v) is 10.1. The van der Waals surface area contributed by atoms with Gasteiger partial charge in [-0.25, -0.2) is 0 Å². The van der Waals surface area contributed by atoms with Crippen LogP contribution in [0.2, 0.25) is 0 Å². The van der Waals surface area contributed by atoms with Crippen molar-refractivity contribution in [3.8, 4) is 0 Å². The van der Waals surface area contributed by atoms with E-state index in [1.807, 2.05) is 0 Å². The molecule has 1 fully saturated rings. The zero-order chi connectivity index (χ0) is 23.8. The van der Waals surface area contributed by atoms with Crippen LogP contribution >= 0.6 is 0 Å². The minimum Gasteiger partial charge on any atom is -0.481 e. The lowest BCUT2D eigenvalue weighted by atomic mass is 9.80. The van der Waals surface area contributed by atoms with Crippen molar-refractivity contribution < 1.29 is 19.4 Å². The number of Topliss-reactive ketones (excluding diaryl/α,β-unsaturated/α-hetero) is 1. The molecule has 0 aromatic heterocycles. The number of carbonyl (C=O) groups excluding carboxylic acids is 1. The number of hydrogen-bond donors (Lipinski definition) is 1. The van der Waals surface area contributed by atoms with Crippen LogP contribution in [0.3, 0.4) is 0 Å². The Bertz CT molecular complexity index is 540. The van der Waals surface area contributed by atoms with E-state index in [4.69, 9.17) is 9.84 Å². The number of unbranched alkanes of at least 4 members (excludes halogenated alkanes) is 7. The van der Waals surface area contributed by atoms with E-state index in [9.17, 15) is 9.59 Å². The monoisotopic (exact) mass is 450 g/mol. The summed E-state index contributed by atoms with van der Waals surface area (Å²) in [5.74, 6) is 1.16. The standard InChI is InChI=1S/C28H50O4/c1-5-7-8-12-15-23(32-20-6-2)18-19-24-25(27(29)21-26(24)22(3)4)16-13-10-9-11-14-17-28(30)31/h18-19,22-26H,5-17,20-21H2,1-4H3,(H,30,31)/b19-18+. The molecule has 0 radical (unpaired) electrons. The maximum atomic E-state index is 12.9. The Morgan fingerprint density at radius 3 is 2.38 bits per heavy atom. The zero-order valence-electron chi connectivity index (χ0n) is 21.3. The molecule has 4 atom stereocenters. The first-order valence-electron chi connectivity index (χ1n) is 13.4. The van der Waals surface area contributed by atoms with E-state index < -0.39 is 5.97 Å². The minimum atomic E-state index is -0.706. The average molecular weight is 451 g/mol. The fourth-order valence-corrected chi connectivity index (χ4v) is 5.04. The summed E-state index contributed by atoms with van der Waals surface area (Å²) >= 11 is 0. The van der Waals surface area contributed by atoms with Crippen molar-refractivity contribution in [3.05, 3.63) is 12.2 Å². The smallest absolute Gasteiger partial charge is 0.303 e. The lowest BCUT2D eigenvalue weighted by molar-refractivity contribution is -0.137. The summed E-state index contributed by atoms with van der Waals surface area (Å²) in [7, 11) is 0. The lowest BCUT2D eigenvalue weighted by Crippen LogP contribution is -2.20. The normalized spacial score (nSPS) is 22.3. The van der Waals surface area contributed by atoms with Crippen LogP contribution in [0.5, 0.6) is 0 Å². The summed E-state index contributed by atoms with van der Waals surface area (Å²) in [6, 6.07) is 0. The predicted octanol–water partition coefficient (Wildman–Crippen LogP) is 7.60. The van der Waals surface area contributed by atoms with Crippen molar-refractivity contribution in [1.82, 2.24) is 0 Å². The largest absolute Gasteiger partial charge is 0.481 e. The number of carboxylic acids is 1. The van der Waals surface area contributed by atoms with Gasteiger partial charge in [-0.2, -0.15) is 0 Å². The van der Waals surface area contributed by atoms with E-state index in [-0.39, 0.29) is 18.4 Å². The second-order valence-electron chi connectivity index (χ2n) is 10.1. The SMILES string of the molecule is CCCCCCC(/C=C/C1C(CCCCCCCC(=O)O)C(=O)CC1C(C)C)OCCC. The molecule has 32 heavy (non-hydrogen) atoms. The van der Waals surface area contributed by atoms with Crippen LogP contribution in [-0.2, 0) is 14.3 Å². The van der Waals surface area contributed by atoms with Gasteiger partial charge in [0, 0.05) is 25.4 Å². The third-order valence-corrected chi connectivity index (χ3v) is 7.00.